The van der Waals surface area contributed by atoms with E-state index in [1.807, 2.05) is 0 Å². The van der Waals surface area contributed by atoms with Crippen LogP contribution in [0, 0.1) is 6.92 Å². The quantitative estimate of drug-likeness (QED) is 0.691. The second-order valence-electron chi connectivity index (χ2n) is 2.53. The molecule has 0 aromatic carbocycles. The molecule has 2 heterocycles. The van der Waals surface area contributed by atoms with Crippen LogP contribution in [0.15, 0.2) is 11.0 Å². The number of nitrogens with one attached hydrogen (secondary N) is 1. The van der Waals surface area contributed by atoms with Gasteiger partial charge in [0.15, 0.2) is 5.52 Å². The smallest absolute Gasteiger partial charge is 0.299 e. The molecule has 0 saturated heterocycles. The lowest BCUT2D eigenvalue weighted by atomic mass is 10.4. The van der Waals surface area contributed by atoms with Crippen LogP contribution < -0.4 is 5.56 Å². The standard InChI is InChI=1S/C7H5ClN4O.ClH/c1-3-10-4-2-9-7(8)12-5(4)6(13)11-3;/h2H,1H3,(H,10,11,13);1H. The van der Waals surface area contributed by atoms with Crippen LogP contribution in [0.25, 0.3) is 11.0 Å². The molecular formula is C7H6Cl2N4O. The highest BCUT2D eigenvalue weighted by Gasteiger charge is 2.03. The predicted octanol–water partition coefficient (Wildman–Crippen LogP) is 1.10. The van der Waals surface area contributed by atoms with Gasteiger partial charge in [0.05, 0.1) is 11.7 Å². The Morgan fingerprint density at radius 2 is 2.14 bits per heavy atom. The summed E-state index contributed by atoms with van der Waals surface area (Å²) in [6.07, 6.45) is 1.46. The fourth-order valence-electron chi connectivity index (χ4n) is 1.04. The number of H-pyrrole nitrogens is 1. The maximum Gasteiger partial charge on any atom is 0.299 e. The van der Waals surface area contributed by atoms with Gasteiger partial charge in [-0.2, -0.15) is 4.98 Å². The number of aryl methyl sites for hydroxylation is 1. The van der Waals surface area contributed by atoms with Gasteiger partial charge in [-0.05, 0) is 18.5 Å². The van der Waals surface area contributed by atoms with Crippen molar-refractivity contribution in [2.45, 2.75) is 6.92 Å². The van der Waals surface area contributed by atoms with Gasteiger partial charge in [0, 0.05) is 0 Å². The third kappa shape index (κ3) is 1.83. The predicted molar refractivity (Wildman–Crippen MR) is 54.9 cm³/mol. The van der Waals surface area contributed by atoms with Crippen LogP contribution in [0.5, 0.6) is 0 Å². The zero-order valence-corrected chi connectivity index (χ0v) is 8.69. The van der Waals surface area contributed by atoms with Crippen molar-refractivity contribution < 1.29 is 0 Å². The van der Waals surface area contributed by atoms with E-state index in [9.17, 15) is 4.79 Å². The monoisotopic (exact) mass is 232 g/mol. The van der Waals surface area contributed by atoms with Crippen molar-refractivity contribution >= 4 is 35.0 Å². The van der Waals surface area contributed by atoms with Crippen molar-refractivity contribution in [3.63, 3.8) is 0 Å². The molecule has 2 aromatic rings. The first kappa shape index (κ1) is 10.9. The van der Waals surface area contributed by atoms with Crippen LogP contribution in [0.1, 0.15) is 5.82 Å². The number of aromatic amines is 1. The molecule has 0 saturated carbocycles. The summed E-state index contributed by atoms with van der Waals surface area (Å²) in [7, 11) is 0. The van der Waals surface area contributed by atoms with E-state index in [2.05, 4.69) is 19.9 Å². The number of hydrogen-bond acceptors (Lipinski definition) is 4. The molecule has 0 bridgehead atoms. The molecule has 0 aliphatic heterocycles. The molecule has 0 aliphatic rings. The van der Waals surface area contributed by atoms with Gasteiger partial charge in [-0.1, -0.05) is 0 Å². The van der Waals surface area contributed by atoms with Crippen LogP contribution in [-0.4, -0.2) is 19.9 Å². The van der Waals surface area contributed by atoms with Crippen LogP contribution in [0.2, 0.25) is 5.28 Å². The lowest BCUT2D eigenvalue weighted by molar-refractivity contribution is 1.03. The van der Waals surface area contributed by atoms with Gasteiger partial charge in [0.1, 0.15) is 5.82 Å². The van der Waals surface area contributed by atoms with E-state index in [0.29, 0.717) is 11.3 Å². The third-order valence-corrected chi connectivity index (χ3v) is 1.73. The van der Waals surface area contributed by atoms with E-state index in [-0.39, 0.29) is 23.2 Å². The molecule has 0 unspecified atom stereocenters. The van der Waals surface area contributed by atoms with E-state index in [1.165, 1.54) is 6.20 Å². The SMILES string of the molecule is Cc1nc(=O)c2nc(Cl)ncc2[nH]1.Cl. The van der Waals surface area contributed by atoms with E-state index in [4.69, 9.17) is 11.6 Å². The number of fused-ring (bicyclic) bond motifs is 1. The largest absolute Gasteiger partial charge is 0.341 e. The van der Waals surface area contributed by atoms with E-state index < -0.39 is 5.56 Å². The van der Waals surface area contributed by atoms with Crippen molar-refractivity contribution in [2.24, 2.45) is 0 Å². The molecule has 0 fully saturated rings. The van der Waals surface area contributed by atoms with Gasteiger partial charge in [0.25, 0.3) is 5.56 Å². The normalized spacial score (nSPS) is 9.86. The zero-order chi connectivity index (χ0) is 9.42. The van der Waals surface area contributed by atoms with Crippen molar-refractivity contribution in [3.05, 3.63) is 27.7 Å². The van der Waals surface area contributed by atoms with Crippen LogP contribution in [-0.2, 0) is 0 Å². The Morgan fingerprint density at radius 1 is 1.43 bits per heavy atom. The second kappa shape index (κ2) is 3.89. The number of aromatic nitrogens is 4. The number of halogens is 2. The molecule has 0 atom stereocenters. The Kier molecular flexibility index (Phi) is 3.03. The second-order valence-corrected chi connectivity index (χ2v) is 2.87. The van der Waals surface area contributed by atoms with E-state index in [1.54, 1.807) is 6.92 Å². The summed E-state index contributed by atoms with van der Waals surface area (Å²) >= 11 is 5.53. The molecule has 74 valence electrons. The Labute approximate surface area is 90.0 Å². The molecule has 7 heteroatoms. The number of hydrogen-bond donors (Lipinski definition) is 1. The molecule has 0 radical (unpaired) electrons. The Hall–Kier alpha value is -1.20. The molecule has 14 heavy (non-hydrogen) atoms. The molecule has 0 aliphatic carbocycles. The minimum atomic E-state index is -0.393. The van der Waals surface area contributed by atoms with Gasteiger partial charge in [-0.3, -0.25) is 4.79 Å². The summed E-state index contributed by atoms with van der Waals surface area (Å²) in [4.78, 5) is 25.3. The highest BCUT2D eigenvalue weighted by Crippen LogP contribution is 2.05. The third-order valence-electron chi connectivity index (χ3n) is 1.55. The van der Waals surface area contributed by atoms with Crippen LogP contribution in [0.4, 0.5) is 0 Å². The summed E-state index contributed by atoms with van der Waals surface area (Å²) < 4.78 is 0. The lowest BCUT2D eigenvalue weighted by Crippen LogP contribution is -2.11. The topological polar surface area (TPSA) is 71.5 Å². The number of rotatable bonds is 0. The molecule has 0 amide bonds. The minimum absolute atomic E-state index is 0. The number of nitrogens with zero attached hydrogens (tertiary/aromatic N) is 3. The highest BCUT2D eigenvalue weighted by atomic mass is 35.5. The van der Waals surface area contributed by atoms with Crippen LogP contribution in [0.3, 0.4) is 0 Å². The van der Waals surface area contributed by atoms with Gasteiger partial charge in [-0.25, -0.2) is 9.97 Å². The first-order valence-electron chi connectivity index (χ1n) is 3.56. The zero-order valence-electron chi connectivity index (χ0n) is 7.11. The Morgan fingerprint density at radius 3 is 2.86 bits per heavy atom. The van der Waals surface area contributed by atoms with Crippen molar-refractivity contribution in [1.29, 1.82) is 0 Å². The Balaban J connectivity index is 0.000000980. The fraction of sp³-hybridized carbons (Fsp3) is 0.143. The minimum Gasteiger partial charge on any atom is -0.341 e. The molecule has 2 rings (SSSR count). The average molecular weight is 233 g/mol. The Bertz CT molecular complexity index is 525. The highest BCUT2D eigenvalue weighted by molar-refractivity contribution is 6.28. The van der Waals surface area contributed by atoms with Crippen molar-refractivity contribution in [3.8, 4) is 0 Å². The summed E-state index contributed by atoms with van der Waals surface area (Å²) in [5.74, 6) is 0.531. The van der Waals surface area contributed by atoms with Crippen molar-refractivity contribution in [2.75, 3.05) is 0 Å². The molecular weight excluding hydrogens is 227 g/mol. The van der Waals surface area contributed by atoms with Gasteiger partial charge < -0.3 is 4.98 Å². The molecule has 5 nitrogen and oxygen atoms in total. The van der Waals surface area contributed by atoms with Gasteiger partial charge >= 0.3 is 0 Å². The maximum atomic E-state index is 11.3. The fourth-order valence-corrected chi connectivity index (χ4v) is 1.18. The molecule has 1 N–H and O–H groups in total. The summed E-state index contributed by atoms with van der Waals surface area (Å²) in [6.45, 7) is 1.69. The summed E-state index contributed by atoms with van der Waals surface area (Å²) in [5.41, 5.74) is 0.364. The van der Waals surface area contributed by atoms with Crippen LogP contribution >= 0.6 is 24.0 Å². The van der Waals surface area contributed by atoms with Gasteiger partial charge in [0.2, 0.25) is 5.28 Å². The summed E-state index contributed by atoms with van der Waals surface area (Å²) in [5, 5.41) is 0.0450. The van der Waals surface area contributed by atoms with E-state index in [0.717, 1.165) is 0 Å². The summed E-state index contributed by atoms with van der Waals surface area (Å²) in [6, 6.07) is 0. The van der Waals surface area contributed by atoms with E-state index >= 15 is 0 Å². The lowest BCUT2D eigenvalue weighted by Gasteiger charge is -1.96. The first-order chi connectivity index (χ1) is 6.16. The molecule has 0 spiro atoms. The van der Waals surface area contributed by atoms with Gasteiger partial charge in [-0.15, -0.1) is 12.4 Å². The van der Waals surface area contributed by atoms with Crippen molar-refractivity contribution in [1.82, 2.24) is 19.9 Å². The molecule has 2 aromatic heterocycles. The maximum absolute atomic E-state index is 11.3. The first-order valence-corrected chi connectivity index (χ1v) is 3.94. The average Bonchev–Trinajstić information content (AvgIpc) is 2.06.